The van der Waals surface area contributed by atoms with Crippen LogP contribution in [-0.2, 0) is 26.0 Å². The molecule has 8 heteroatoms. The average molecular weight is 436 g/mol. The summed E-state index contributed by atoms with van der Waals surface area (Å²) in [6.07, 6.45) is 3.39. The highest BCUT2D eigenvalue weighted by molar-refractivity contribution is 7.89. The molecule has 30 heavy (non-hydrogen) atoms. The second-order valence-corrected chi connectivity index (χ2v) is 10.8. The number of fused-ring (bicyclic) bond motifs is 1. The molecule has 0 radical (unpaired) electrons. The number of rotatable bonds is 7. The van der Waals surface area contributed by atoms with Gasteiger partial charge in [-0.25, -0.2) is 8.42 Å². The number of piperidine rings is 1. The number of aryl methyl sites for hydroxylation is 1. The third-order valence-corrected chi connectivity index (χ3v) is 7.87. The molecule has 1 N–H and O–H groups in total. The molecule has 0 atom stereocenters. The van der Waals surface area contributed by atoms with Gasteiger partial charge in [0.05, 0.1) is 4.90 Å². The van der Waals surface area contributed by atoms with Gasteiger partial charge in [-0.05, 0) is 61.3 Å². The Labute approximate surface area is 179 Å². The standard InChI is InChI=1S/C22H33N3O4S/c1-16(2)8-11-23-21(26)15-25-20-6-5-19(14-18(20)4-7-22(25)27)30(28,29)24-12-9-17(3)10-13-24/h5-6,14,16-17H,4,7-13,15H2,1-3H3,(H,23,26). The van der Waals surface area contributed by atoms with Gasteiger partial charge >= 0.3 is 0 Å². The predicted octanol–water partition coefficient (Wildman–Crippen LogP) is 2.55. The smallest absolute Gasteiger partial charge is 0.243 e. The largest absolute Gasteiger partial charge is 0.355 e. The first-order valence-corrected chi connectivity index (χ1v) is 12.3. The Kier molecular flexibility index (Phi) is 7.18. The van der Waals surface area contributed by atoms with Gasteiger partial charge < -0.3 is 10.2 Å². The molecule has 0 aliphatic carbocycles. The number of benzene rings is 1. The highest BCUT2D eigenvalue weighted by atomic mass is 32.2. The highest BCUT2D eigenvalue weighted by Gasteiger charge is 2.31. The number of carbonyl (C=O) groups excluding carboxylic acids is 2. The first kappa shape index (κ1) is 22.7. The summed E-state index contributed by atoms with van der Waals surface area (Å²) in [5.41, 5.74) is 1.44. The van der Waals surface area contributed by atoms with Crippen LogP contribution in [-0.4, -0.2) is 50.7 Å². The zero-order valence-corrected chi connectivity index (χ0v) is 19.0. The third-order valence-electron chi connectivity index (χ3n) is 5.98. The summed E-state index contributed by atoms with van der Waals surface area (Å²) in [4.78, 5) is 26.5. The normalized spacial score (nSPS) is 18.5. The number of nitrogens with one attached hydrogen (secondary N) is 1. The van der Waals surface area contributed by atoms with Crippen LogP contribution in [0.1, 0.15) is 52.0 Å². The van der Waals surface area contributed by atoms with Crippen LogP contribution >= 0.6 is 0 Å². The molecule has 0 unspecified atom stereocenters. The Bertz CT molecular complexity index is 890. The van der Waals surface area contributed by atoms with E-state index in [1.807, 2.05) is 0 Å². The van der Waals surface area contributed by atoms with Gasteiger partial charge in [0.25, 0.3) is 0 Å². The van der Waals surface area contributed by atoms with E-state index in [1.165, 1.54) is 4.90 Å². The van der Waals surface area contributed by atoms with Crippen LogP contribution in [0, 0.1) is 11.8 Å². The van der Waals surface area contributed by atoms with Crippen molar-refractivity contribution < 1.29 is 18.0 Å². The maximum atomic E-state index is 13.1. The van der Waals surface area contributed by atoms with Crippen molar-refractivity contribution >= 4 is 27.5 Å². The van der Waals surface area contributed by atoms with Gasteiger partial charge in [-0.3, -0.25) is 9.59 Å². The monoisotopic (exact) mass is 435 g/mol. The molecular weight excluding hydrogens is 402 g/mol. The van der Waals surface area contributed by atoms with Gasteiger partial charge in [-0.15, -0.1) is 0 Å². The van der Waals surface area contributed by atoms with E-state index in [0.29, 0.717) is 43.6 Å². The fourth-order valence-electron chi connectivity index (χ4n) is 3.94. The minimum Gasteiger partial charge on any atom is -0.355 e. The Balaban J connectivity index is 1.75. The summed E-state index contributed by atoms with van der Waals surface area (Å²) in [6, 6.07) is 4.92. The lowest BCUT2D eigenvalue weighted by Crippen LogP contribution is -2.43. The molecule has 1 fully saturated rings. The molecule has 3 rings (SSSR count). The predicted molar refractivity (Wildman–Crippen MR) is 117 cm³/mol. The van der Waals surface area contributed by atoms with Crippen molar-refractivity contribution in [2.45, 2.75) is 57.8 Å². The third kappa shape index (κ3) is 5.21. The van der Waals surface area contributed by atoms with E-state index < -0.39 is 10.0 Å². The Morgan fingerprint density at radius 3 is 2.57 bits per heavy atom. The fraction of sp³-hybridized carbons (Fsp3) is 0.636. The van der Waals surface area contributed by atoms with Crippen molar-refractivity contribution in [1.82, 2.24) is 9.62 Å². The SMILES string of the molecule is CC(C)CCNC(=O)CN1C(=O)CCc2cc(S(=O)(=O)N3CCC(C)CC3)ccc21. The topological polar surface area (TPSA) is 86.8 Å². The van der Waals surface area contributed by atoms with Crippen molar-refractivity contribution in [1.29, 1.82) is 0 Å². The van der Waals surface area contributed by atoms with Gasteiger partial charge in [-0.1, -0.05) is 20.8 Å². The molecule has 1 aromatic rings. The molecule has 0 saturated carbocycles. The van der Waals surface area contributed by atoms with Crippen molar-refractivity contribution in [3.8, 4) is 0 Å². The molecule has 166 valence electrons. The van der Waals surface area contributed by atoms with E-state index in [1.54, 1.807) is 22.5 Å². The zero-order chi connectivity index (χ0) is 21.9. The number of amides is 2. The van der Waals surface area contributed by atoms with Gasteiger partial charge in [0.15, 0.2) is 0 Å². The number of anilines is 1. The molecule has 1 aromatic carbocycles. The molecule has 2 aliphatic rings. The summed E-state index contributed by atoms with van der Waals surface area (Å²) in [7, 11) is -3.54. The Hall–Kier alpha value is -1.93. The number of hydrogen-bond donors (Lipinski definition) is 1. The lowest BCUT2D eigenvalue weighted by Gasteiger charge is -2.31. The number of carbonyl (C=O) groups is 2. The second kappa shape index (κ2) is 9.47. The molecule has 2 heterocycles. The van der Waals surface area contributed by atoms with E-state index in [2.05, 4.69) is 26.1 Å². The van der Waals surface area contributed by atoms with Gasteiger partial charge in [0, 0.05) is 31.7 Å². The highest BCUT2D eigenvalue weighted by Crippen LogP contribution is 2.32. The lowest BCUT2D eigenvalue weighted by atomic mass is 10.0. The summed E-state index contributed by atoms with van der Waals surface area (Å²) < 4.78 is 27.7. The summed E-state index contributed by atoms with van der Waals surface area (Å²) >= 11 is 0. The van der Waals surface area contributed by atoms with Gasteiger partial charge in [-0.2, -0.15) is 4.31 Å². The molecule has 7 nitrogen and oxygen atoms in total. The van der Waals surface area contributed by atoms with Crippen molar-refractivity contribution in [2.24, 2.45) is 11.8 Å². The van der Waals surface area contributed by atoms with Crippen LogP contribution in [0.15, 0.2) is 23.1 Å². The van der Waals surface area contributed by atoms with Crippen molar-refractivity contribution in [3.63, 3.8) is 0 Å². The number of sulfonamides is 1. The second-order valence-electron chi connectivity index (χ2n) is 8.89. The van der Waals surface area contributed by atoms with E-state index in [0.717, 1.165) is 24.8 Å². The molecule has 0 bridgehead atoms. The summed E-state index contributed by atoms with van der Waals surface area (Å²) in [5.74, 6) is 0.732. The first-order chi connectivity index (χ1) is 14.2. The quantitative estimate of drug-likeness (QED) is 0.713. The van der Waals surface area contributed by atoms with Crippen molar-refractivity contribution in [2.75, 3.05) is 31.1 Å². The van der Waals surface area contributed by atoms with E-state index >= 15 is 0 Å². The average Bonchev–Trinajstić information content (AvgIpc) is 2.70. The zero-order valence-electron chi connectivity index (χ0n) is 18.2. The van der Waals surface area contributed by atoms with E-state index in [4.69, 9.17) is 0 Å². The summed E-state index contributed by atoms with van der Waals surface area (Å²) in [5, 5.41) is 2.86. The number of hydrogen-bond acceptors (Lipinski definition) is 4. The van der Waals surface area contributed by atoms with Crippen LogP contribution in [0.25, 0.3) is 0 Å². The molecule has 0 spiro atoms. The molecule has 2 aliphatic heterocycles. The fourth-order valence-corrected chi connectivity index (χ4v) is 5.47. The molecule has 2 amide bonds. The number of nitrogens with zero attached hydrogens (tertiary/aromatic N) is 2. The molecular formula is C22H33N3O4S. The van der Waals surface area contributed by atoms with Crippen molar-refractivity contribution in [3.05, 3.63) is 23.8 Å². The van der Waals surface area contributed by atoms with Gasteiger partial charge in [0.1, 0.15) is 6.54 Å². The first-order valence-electron chi connectivity index (χ1n) is 10.9. The minimum atomic E-state index is -3.54. The summed E-state index contributed by atoms with van der Waals surface area (Å²) in [6.45, 7) is 7.95. The van der Waals surface area contributed by atoms with Crippen LogP contribution in [0.5, 0.6) is 0 Å². The Morgan fingerprint density at radius 1 is 1.20 bits per heavy atom. The van der Waals surface area contributed by atoms with E-state index in [-0.39, 0.29) is 29.7 Å². The molecule has 1 saturated heterocycles. The minimum absolute atomic E-state index is 0.0416. The molecule has 0 aromatic heterocycles. The van der Waals surface area contributed by atoms with Crippen LogP contribution in [0.2, 0.25) is 0 Å². The van der Waals surface area contributed by atoms with E-state index in [9.17, 15) is 18.0 Å². The maximum absolute atomic E-state index is 13.1. The lowest BCUT2D eigenvalue weighted by molar-refractivity contribution is -0.124. The van der Waals surface area contributed by atoms with Crippen LogP contribution in [0.3, 0.4) is 0 Å². The van der Waals surface area contributed by atoms with Gasteiger partial charge in [0.2, 0.25) is 21.8 Å². The maximum Gasteiger partial charge on any atom is 0.243 e. The van der Waals surface area contributed by atoms with Crippen LogP contribution < -0.4 is 10.2 Å². The Morgan fingerprint density at radius 2 is 1.90 bits per heavy atom. The van der Waals surface area contributed by atoms with Crippen LogP contribution in [0.4, 0.5) is 5.69 Å².